The van der Waals surface area contributed by atoms with E-state index in [2.05, 4.69) is 18.9 Å². The van der Waals surface area contributed by atoms with Gasteiger partial charge >= 0.3 is 0 Å². The van der Waals surface area contributed by atoms with Crippen LogP contribution in [0, 0.1) is 13.8 Å². The number of hydrogen-bond donors (Lipinski definition) is 2. The molecule has 1 saturated heterocycles. The van der Waals surface area contributed by atoms with Gasteiger partial charge in [0, 0.05) is 12.1 Å². The molecule has 2 rings (SSSR count). The Bertz CT molecular complexity index is 559. The van der Waals surface area contributed by atoms with Crippen molar-refractivity contribution in [3.05, 3.63) is 35.9 Å². The van der Waals surface area contributed by atoms with Crippen LogP contribution in [0.1, 0.15) is 30.4 Å². The van der Waals surface area contributed by atoms with Crippen LogP contribution in [-0.4, -0.2) is 41.7 Å². The number of likely N-dealkylation sites (N-methyl/N-ethyl adjacent to an activating group) is 1. The number of amides is 1. The number of aromatic hydroxyl groups is 1. The number of nitrogens with one attached hydrogen (secondary N) is 1. The van der Waals surface area contributed by atoms with Crippen molar-refractivity contribution in [2.75, 3.05) is 25.5 Å². The zero-order chi connectivity index (χ0) is 16.3. The Kier molecular flexibility index (Phi) is 4.91. The summed E-state index contributed by atoms with van der Waals surface area (Å²) in [5.74, 6) is 0.305. The van der Waals surface area contributed by atoms with E-state index < -0.39 is 0 Å². The summed E-state index contributed by atoms with van der Waals surface area (Å²) < 4.78 is 0.728. The molecule has 2 atom stereocenters. The minimum Gasteiger partial charge on any atom is -0.508 e. The van der Waals surface area contributed by atoms with Gasteiger partial charge in [0.15, 0.2) is 6.04 Å². The fraction of sp³-hybridized carbons (Fsp3) is 0.500. The fourth-order valence-corrected chi connectivity index (χ4v) is 3.55. The smallest absolute Gasteiger partial charge is 0.282 e. The predicted molar refractivity (Wildman–Crippen MR) is 90.0 cm³/mol. The molecule has 1 heterocycles. The van der Waals surface area contributed by atoms with Gasteiger partial charge in [-0.05, 0) is 56.0 Å². The maximum Gasteiger partial charge on any atom is 0.282 e. The molecule has 22 heavy (non-hydrogen) atoms. The molecular formula is C18H27N2O2+. The zero-order valence-corrected chi connectivity index (χ0v) is 13.9. The van der Waals surface area contributed by atoms with Crippen LogP contribution in [0.3, 0.4) is 0 Å². The van der Waals surface area contributed by atoms with Crippen molar-refractivity contribution in [3.8, 4) is 5.75 Å². The van der Waals surface area contributed by atoms with Gasteiger partial charge in [-0.2, -0.15) is 0 Å². The van der Waals surface area contributed by atoms with Gasteiger partial charge in [0.05, 0.1) is 20.1 Å². The standard InChI is InChI=1S/C18H26N2O2/c1-5-9-20(4)10-7-6-8-16(20)18(22)19-17-13(2)11-15(21)12-14(17)3/h5,11-12,16H,1,6-10H2,2-4H3,(H-,19,21,22)/p+1/t16-,20?/m0/s1. The molecule has 120 valence electrons. The number of hydrogen-bond acceptors (Lipinski definition) is 2. The first-order chi connectivity index (χ1) is 10.4. The van der Waals surface area contributed by atoms with Crippen molar-refractivity contribution in [3.63, 3.8) is 0 Å². The highest BCUT2D eigenvalue weighted by Crippen LogP contribution is 2.28. The average Bonchev–Trinajstić information content (AvgIpc) is 2.43. The number of benzene rings is 1. The molecule has 1 amide bonds. The van der Waals surface area contributed by atoms with Crippen LogP contribution in [0.5, 0.6) is 5.75 Å². The number of anilines is 1. The largest absolute Gasteiger partial charge is 0.508 e. The molecule has 4 nitrogen and oxygen atoms in total. The number of nitrogens with zero attached hydrogens (tertiary/aromatic N) is 1. The molecule has 0 bridgehead atoms. The first-order valence-electron chi connectivity index (χ1n) is 7.93. The summed E-state index contributed by atoms with van der Waals surface area (Å²) in [5.41, 5.74) is 2.60. The third-order valence-corrected chi connectivity index (χ3v) is 4.76. The van der Waals surface area contributed by atoms with Crippen LogP contribution in [0.2, 0.25) is 0 Å². The van der Waals surface area contributed by atoms with Gasteiger partial charge in [-0.1, -0.05) is 6.58 Å². The number of carbonyl (C=O) groups excluding carboxylic acids is 1. The summed E-state index contributed by atoms with van der Waals surface area (Å²) in [6, 6.07) is 3.32. The van der Waals surface area contributed by atoms with Gasteiger partial charge in [0.25, 0.3) is 5.91 Å². The highest BCUT2D eigenvalue weighted by Gasteiger charge is 2.39. The van der Waals surface area contributed by atoms with Crippen molar-refractivity contribution in [1.29, 1.82) is 0 Å². The molecule has 1 aliphatic heterocycles. The number of aryl methyl sites for hydroxylation is 2. The van der Waals surface area contributed by atoms with Crippen molar-refractivity contribution in [2.24, 2.45) is 0 Å². The van der Waals surface area contributed by atoms with Crippen LogP contribution < -0.4 is 5.32 Å². The van der Waals surface area contributed by atoms with Gasteiger partial charge in [-0.15, -0.1) is 0 Å². The van der Waals surface area contributed by atoms with E-state index in [9.17, 15) is 9.90 Å². The third-order valence-electron chi connectivity index (χ3n) is 4.76. The summed E-state index contributed by atoms with van der Waals surface area (Å²) in [5, 5.41) is 12.7. The number of rotatable bonds is 4. The molecule has 0 radical (unpaired) electrons. The van der Waals surface area contributed by atoms with E-state index in [1.807, 2.05) is 19.9 Å². The van der Waals surface area contributed by atoms with Crippen LogP contribution in [0.15, 0.2) is 24.8 Å². The maximum atomic E-state index is 12.8. The Balaban J connectivity index is 2.22. The van der Waals surface area contributed by atoms with E-state index in [0.29, 0.717) is 0 Å². The van der Waals surface area contributed by atoms with E-state index in [1.54, 1.807) is 12.1 Å². The van der Waals surface area contributed by atoms with E-state index >= 15 is 0 Å². The van der Waals surface area contributed by atoms with Gasteiger partial charge in [-0.3, -0.25) is 4.79 Å². The number of likely N-dealkylation sites (tertiary alicyclic amines) is 1. The fourth-order valence-electron chi connectivity index (χ4n) is 3.55. The van der Waals surface area contributed by atoms with E-state index in [0.717, 1.165) is 53.6 Å². The topological polar surface area (TPSA) is 49.3 Å². The quantitative estimate of drug-likeness (QED) is 0.510. The number of phenolic OH excluding ortho intramolecular Hbond substituents is 1. The van der Waals surface area contributed by atoms with Gasteiger partial charge in [0.1, 0.15) is 5.75 Å². The first kappa shape index (κ1) is 16.6. The van der Waals surface area contributed by atoms with E-state index in [-0.39, 0.29) is 17.7 Å². The molecule has 1 aromatic carbocycles. The van der Waals surface area contributed by atoms with Crippen molar-refractivity contribution in [1.82, 2.24) is 0 Å². The predicted octanol–water partition coefficient (Wildman–Crippen LogP) is 3.13. The Hall–Kier alpha value is -1.81. The summed E-state index contributed by atoms with van der Waals surface area (Å²) in [6.45, 7) is 9.47. The van der Waals surface area contributed by atoms with Crippen LogP contribution >= 0.6 is 0 Å². The maximum absolute atomic E-state index is 12.8. The lowest BCUT2D eigenvalue weighted by Crippen LogP contribution is -2.59. The molecule has 4 heteroatoms. The third kappa shape index (κ3) is 3.33. The number of quaternary nitrogens is 1. The highest BCUT2D eigenvalue weighted by molar-refractivity contribution is 5.95. The molecule has 1 aliphatic rings. The second kappa shape index (κ2) is 6.53. The average molecular weight is 303 g/mol. The van der Waals surface area contributed by atoms with Crippen molar-refractivity contribution >= 4 is 11.6 Å². The Morgan fingerprint density at radius 3 is 2.64 bits per heavy atom. The SMILES string of the molecule is C=CC[N+]1(C)CCCC[C@H]1C(=O)Nc1c(C)cc(O)cc1C. The molecule has 1 fully saturated rings. The molecule has 2 N–H and O–H groups in total. The molecular weight excluding hydrogens is 276 g/mol. The lowest BCUT2D eigenvalue weighted by Gasteiger charge is -2.43. The first-order valence-corrected chi connectivity index (χ1v) is 7.93. The normalized spacial score (nSPS) is 24.8. The molecule has 0 aromatic heterocycles. The molecule has 1 aromatic rings. The second-order valence-corrected chi connectivity index (χ2v) is 6.63. The number of piperidine rings is 1. The van der Waals surface area contributed by atoms with Crippen LogP contribution in [0.25, 0.3) is 0 Å². The minimum absolute atomic E-state index is 0.0423. The second-order valence-electron chi connectivity index (χ2n) is 6.63. The van der Waals surface area contributed by atoms with Crippen LogP contribution in [-0.2, 0) is 4.79 Å². The zero-order valence-electron chi connectivity index (χ0n) is 13.9. The van der Waals surface area contributed by atoms with Gasteiger partial charge in [0.2, 0.25) is 0 Å². The number of carbonyl (C=O) groups is 1. The van der Waals surface area contributed by atoms with Crippen molar-refractivity contribution in [2.45, 2.75) is 39.2 Å². The van der Waals surface area contributed by atoms with E-state index in [4.69, 9.17) is 0 Å². The Morgan fingerprint density at radius 1 is 1.41 bits per heavy atom. The monoisotopic (exact) mass is 303 g/mol. The summed E-state index contributed by atoms with van der Waals surface area (Å²) in [6.07, 6.45) is 5.07. The lowest BCUT2D eigenvalue weighted by molar-refractivity contribution is -0.923. The molecule has 1 unspecified atom stereocenters. The molecule has 0 aliphatic carbocycles. The summed E-state index contributed by atoms with van der Waals surface area (Å²) in [4.78, 5) is 12.8. The molecule has 0 saturated carbocycles. The van der Waals surface area contributed by atoms with E-state index in [1.165, 1.54) is 0 Å². The highest BCUT2D eigenvalue weighted by atomic mass is 16.3. The summed E-state index contributed by atoms with van der Waals surface area (Å²) >= 11 is 0. The van der Waals surface area contributed by atoms with Crippen LogP contribution in [0.4, 0.5) is 5.69 Å². The molecule has 0 spiro atoms. The van der Waals surface area contributed by atoms with Crippen molar-refractivity contribution < 1.29 is 14.4 Å². The Labute approximate surface area is 133 Å². The minimum atomic E-state index is -0.0423. The Morgan fingerprint density at radius 2 is 2.05 bits per heavy atom. The van der Waals surface area contributed by atoms with Gasteiger partial charge in [-0.25, -0.2) is 0 Å². The summed E-state index contributed by atoms with van der Waals surface area (Å²) in [7, 11) is 2.14. The number of phenols is 1. The lowest BCUT2D eigenvalue weighted by atomic mass is 9.97. The van der Waals surface area contributed by atoms with Gasteiger partial charge < -0.3 is 14.9 Å².